The Morgan fingerprint density at radius 1 is 0.891 bits per heavy atom. The molecule has 240 valence electrons. The average Bonchev–Trinajstić information content (AvgIpc) is 3.05. The van der Waals surface area contributed by atoms with Crippen molar-refractivity contribution in [2.45, 2.75) is 84.1 Å². The summed E-state index contributed by atoms with van der Waals surface area (Å²) in [5.41, 5.74) is 14.5. The van der Waals surface area contributed by atoms with Crippen LogP contribution in [0.3, 0.4) is 0 Å². The Balaban J connectivity index is 1.23. The largest absolute Gasteiger partial charge is 0.510 e. The summed E-state index contributed by atoms with van der Waals surface area (Å²) in [7, 11) is 0. The van der Waals surface area contributed by atoms with Gasteiger partial charge in [-0.1, -0.05) is 88.1 Å². The molecule has 4 aromatic rings. The number of aliphatic hydroxyl groups excluding tert-OH is 1. The molecule has 1 aliphatic carbocycles. The number of aliphatic hydroxyl groups is 1. The molecular weight excluding hydrogens is 568 g/mol. The second-order valence-electron chi connectivity index (χ2n) is 12.2. The Bertz CT molecular complexity index is 1590. The van der Waals surface area contributed by atoms with Gasteiger partial charge in [-0.15, -0.1) is 0 Å². The number of nitrogens with one attached hydrogen (secondary N) is 1. The van der Waals surface area contributed by atoms with Gasteiger partial charge < -0.3 is 20.9 Å². The van der Waals surface area contributed by atoms with Crippen LogP contribution < -0.4 is 15.8 Å². The lowest BCUT2D eigenvalue weighted by Crippen LogP contribution is -2.33. The summed E-state index contributed by atoms with van der Waals surface area (Å²) in [6.07, 6.45) is 16.5. The average molecular weight is 617 g/mol. The Kier molecular flexibility index (Phi) is 11.9. The van der Waals surface area contributed by atoms with Crippen molar-refractivity contribution >= 4 is 11.4 Å². The highest BCUT2D eigenvalue weighted by molar-refractivity contribution is 5.71. The molecule has 1 fully saturated rings. The summed E-state index contributed by atoms with van der Waals surface area (Å²) >= 11 is 0. The molecule has 6 heteroatoms. The van der Waals surface area contributed by atoms with E-state index in [0.29, 0.717) is 18.0 Å². The molecule has 6 nitrogen and oxygen atoms in total. The van der Waals surface area contributed by atoms with E-state index >= 15 is 0 Å². The highest BCUT2D eigenvalue weighted by Crippen LogP contribution is 2.33. The van der Waals surface area contributed by atoms with Gasteiger partial charge in [0.1, 0.15) is 11.5 Å². The Morgan fingerprint density at radius 3 is 2.26 bits per heavy atom. The molecule has 0 bridgehead atoms. The number of nitrogens with zero attached hydrogens (tertiary/aromatic N) is 2. The van der Waals surface area contributed by atoms with E-state index in [-0.39, 0.29) is 6.04 Å². The molecule has 0 saturated heterocycles. The van der Waals surface area contributed by atoms with E-state index < -0.39 is 0 Å². The van der Waals surface area contributed by atoms with Crippen molar-refractivity contribution in [1.29, 1.82) is 0 Å². The molecule has 0 amide bonds. The van der Waals surface area contributed by atoms with Crippen molar-refractivity contribution in [2.24, 2.45) is 0 Å². The van der Waals surface area contributed by atoms with Crippen LogP contribution >= 0.6 is 0 Å². The van der Waals surface area contributed by atoms with Crippen molar-refractivity contribution in [3.05, 3.63) is 114 Å². The van der Waals surface area contributed by atoms with E-state index in [2.05, 4.69) is 64.7 Å². The highest BCUT2D eigenvalue weighted by atomic mass is 16.5. The Labute approximate surface area is 274 Å². The maximum atomic E-state index is 11.1. The van der Waals surface area contributed by atoms with Crippen molar-refractivity contribution in [3.63, 3.8) is 0 Å². The molecule has 4 N–H and O–H groups in total. The third-order valence-corrected chi connectivity index (χ3v) is 8.58. The fraction of sp³-hybridized carbons (Fsp3) is 0.350. The summed E-state index contributed by atoms with van der Waals surface area (Å²) in [5, 5.41) is 14.8. The maximum Gasteiger partial charge on any atom is 0.159 e. The van der Waals surface area contributed by atoms with Crippen LogP contribution in [0.15, 0.2) is 103 Å². The van der Waals surface area contributed by atoms with Gasteiger partial charge in [0.15, 0.2) is 5.82 Å². The minimum absolute atomic E-state index is 0.256. The monoisotopic (exact) mass is 616 g/mol. The predicted molar refractivity (Wildman–Crippen MR) is 190 cm³/mol. The van der Waals surface area contributed by atoms with Crippen LogP contribution in [0.25, 0.3) is 28.2 Å². The van der Waals surface area contributed by atoms with E-state index in [1.165, 1.54) is 37.7 Å². The molecule has 1 aromatic heterocycles. The number of anilines is 1. The van der Waals surface area contributed by atoms with Crippen LogP contribution in [0.1, 0.15) is 82.8 Å². The smallest absolute Gasteiger partial charge is 0.159 e. The quantitative estimate of drug-likeness (QED) is 0.0659. The molecule has 3 aromatic carbocycles. The summed E-state index contributed by atoms with van der Waals surface area (Å²) in [5.74, 6) is 1.93. The summed E-state index contributed by atoms with van der Waals surface area (Å²) in [6, 6.07) is 24.2. The molecule has 0 radical (unpaired) electrons. The van der Waals surface area contributed by atoms with Gasteiger partial charge in [0.2, 0.25) is 0 Å². The molecule has 46 heavy (non-hydrogen) atoms. The van der Waals surface area contributed by atoms with Gasteiger partial charge in [0.05, 0.1) is 12.6 Å². The minimum atomic E-state index is -0.256. The van der Waals surface area contributed by atoms with Crippen molar-refractivity contribution in [1.82, 2.24) is 15.3 Å². The molecular formula is C40H48N4O2. The zero-order chi connectivity index (χ0) is 32.1. The van der Waals surface area contributed by atoms with Crippen molar-refractivity contribution < 1.29 is 9.84 Å². The molecule has 5 rings (SSSR count). The minimum Gasteiger partial charge on any atom is -0.510 e. The van der Waals surface area contributed by atoms with Gasteiger partial charge in [0.25, 0.3) is 0 Å². The third-order valence-electron chi connectivity index (χ3n) is 8.58. The highest BCUT2D eigenvalue weighted by Gasteiger charge is 2.22. The van der Waals surface area contributed by atoms with Crippen molar-refractivity contribution in [3.8, 4) is 28.3 Å². The first-order valence-electron chi connectivity index (χ1n) is 16.9. The van der Waals surface area contributed by atoms with Gasteiger partial charge in [0, 0.05) is 34.9 Å². The van der Waals surface area contributed by atoms with Crippen LogP contribution in [0, 0.1) is 0 Å². The number of nitrogens with two attached hydrogens (primary N) is 1. The molecule has 1 heterocycles. The standard InChI is InChI=1S/C40H48N4O2/c1-3-5-6-7-8-24-46-36-22-20-30(21-23-36)34-27-42-40(43-28-34)32-18-16-29(17-19-32)25-37(38(45)11-4-2)44-39(31-12-9-13-31)33-14-10-15-35(41)26-33/h10-11,14-23,26-28,37,44-45H,3-9,12-13,24-25,41H2,1-2H3/b38-11-. The number of rotatable bonds is 16. The number of allylic oxidation sites excluding steroid dienone is 2. The fourth-order valence-electron chi connectivity index (χ4n) is 5.73. The fourth-order valence-corrected chi connectivity index (χ4v) is 5.73. The summed E-state index contributed by atoms with van der Waals surface area (Å²) in [4.78, 5) is 9.34. The van der Waals surface area contributed by atoms with E-state index in [1.807, 2.05) is 55.7 Å². The van der Waals surface area contributed by atoms with Crippen LogP contribution in [-0.2, 0) is 6.42 Å². The second kappa shape index (κ2) is 16.6. The summed E-state index contributed by atoms with van der Waals surface area (Å²) in [6.45, 7) is 5.03. The van der Waals surface area contributed by atoms with Crippen molar-refractivity contribution in [2.75, 3.05) is 12.3 Å². The number of nitrogen functional groups attached to an aromatic ring is 1. The lowest BCUT2D eigenvalue weighted by molar-refractivity contribution is 0.304. The third kappa shape index (κ3) is 9.00. The number of aromatic nitrogens is 2. The van der Waals surface area contributed by atoms with Gasteiger partial charge in [-0.3, -0.25) is 0 Å². The molecule has 0 spiro atoms. The van der Waals surface area contributed by atoms with E-state index in [4.69, 9.17) is 10.5 Å². The Hall–Kier alpha value is -4.58. The first-order valence-corrected chi connectivity index (χ1v) is 16.9. The van der Waals surface area contributed by atoms with Gasteiger partial charge in [-0.25, -0.2) is 9.97 Å². The predicted octanol–water partition coefficient (Wildman–Crippen LogP) is 9.69. The second-order valence-corrected chi connectivity index (χ2v) is 12.2. The zero-order valence-electron chi connectivity index (χ0n) is 27.3. The number of benzene rings is 3. The normalized spacial score (nSPS) is 13.6. The van der Waals surface area contributed by atoms with Gasteiger partial charge in [-0.05, 0) is 91.1 Å². The number of hydrogen-bond donors (Lipinski definition) is 3. The van der Waals surface area contributed by atoms with Crippen LogP contribution in [0.2, 0.25) is 0 Å². The molecule has 1 aliphatic rings. The van der Waals surface area contributed by atoms with E-state index in [0.717, 1.165) is 77.2 Å². The summed E-state index contributed by atoms with van der Waals surface area (Å²) < 4.78 is 5.92. The lowest BCUT2D eigenvalue weighted by atomic mass is 9.87. The molecule has 0 aliphatic heterocycles. The first kappa shape index (κ1) is 32.8. The van der Waals surface area contributed by atoms with E-state index in [1.54, 1.807) is 0 Å². The molecule has 1 unspecified atom stereocenters. The molecule has 1 saturated carbocycles. The maximum absolute atomic E-state index is 11.1. The Morgan fingerprint density at radius 2 is 1.61 bits per heavy atom. The topological polar surface area (TPSA) is 93.3 Å². The van der Waals surface area contributed by atoms with Crippen LogP contribution in [-0.4, -0.2) is 27.7 Å². The van der Waals surface area contributed by atoms with Gasteiger partial charge >= 0.3 is 0 Å². The van der Waals surface area contributed by atoms with E-state index in [9.17, 15) is 5.11 Å². The SMILES string of the molecule is CC/C=C(\O)C(Cc1ccc(-c2ncc(-c3ccc(OCCCCCCC)cc3)cn2)cc1)NC(=C1CCC1)c1cccc(N)c1. The number of hydrogen-bond acceptors (Lipinski definition) is 6. The number of ether oxygens (including phenoxy) is 1. The zero-order valence-corrected chi connectivity index (χ0v) is 27.3. The lowest BCUT2D eigenvalue weighted by Gasteiger charge is -2.28. The van der Waals surface area contributed by atoms with Crippen LogP contribution in [0.5, 0.6) is 5.75 Å². The van der Waals surface area contributed by atoms with Gasteiger partial charge in [-0.2, -0.15) is 0 Å². The molecule has 1 atom stereocenters. The van der Waals surface area contributed by atoms with Crippen LogP contribution in [0.4, 0.5) is 5.69 Å². The first-order chi connectivity index (χ1) is 22.5. The number of unbranched alkanes of at least 4 members (excludes halogenated alkanes) is 4.